The van der Waals surface area contributed by atoms with E-state index in [1.165, 1.54) is 23.0 Å². The van der Waals surface area contributed by atoms with Gasteiger partial charge in [-0.05, 0) is 25.1 Å². The normalized spacial score (nSPS) is 12.4. The molecule has 10 nitrogen and oxygen atoms in total. The predicted octanol–water partition coefficient (Wildman–Crippen LogP) is 2.28. The molecule has 0 saturated heterocycles. The van der Waals surface area contributed by atoms with E-state index in [0.717, 1.165) is 6.26 Å². The Morgan fingerprint density at radius 2 is 2.10 bits per heavy atom. The van der Waals surface area contributed by atoms with Crippen molar-refractivity contribution < 1.29 is 22.3 Å². The Bertz CT molecular complexity index is 1230. The number of aromatic nitrogens is 5. The van der Waals surface area contributed by atoms with Gasteiger partial charge in [-0.2, -0.15) is 4.39 Å². The summed E-state index contributed by atoms with van der Waals surface area (Å²) in [6, 6.07) is 5.95. The lowest BCUT2D eigenvalue weighted by Gasteiger charge is -2.14. The van der Waals surface area contributed by atoms with E-state index in [-0.39, 0.29) is 28.6 Å². The van der Waals surface area contributed by atoms with E-state index in [1.54, 1.807) is 26.1 Å². The summed E-state index contributed by atoms with van der Waals surface area (Å²) in [5, 5.41) is 8.03. The van der Waals surface area contributed by atoms with E-state index in [1.807, 2.05) is 4.72 Å². The van der Waals surface area contributed by atoms with Crippen molar-refractivity contribution in [2.45, 2.75) is 19.4 Å². The number of hydrogen-bond donors (Lipinski definition) is 1. The zero-order valence-electron chi connectivity index (χ0n) is 16.7. The van der Waals surface area contributed by atoms with Crippen molar-refractivity contribution in [1.29, 1.82) is 0 Å². The minimum atomic E-state index is -3.67. The molecule has 0 saturated carbocycles. The molecule has 3 aromatic heterocycles. The van der Waals surface area contributed by atoms with Gasteiger partial charge < -0.3 is 4.74 Å². The molecule has 0 amide bonds. The van der Waals surface area contributed by atoms with Crippen LogP contribution in [0.2, 0.25) is 5.15 Å². The molecular weight excluding hydrogens is 451 g/mol. The highest BCUT2D eigenvalue weighted by atomic mass is 35.5. The molecule has 1 atom stereocenters. The smallest absolute Gasteiger partial charge is 0.312 e. The monoisotopic (exact) mass is 468 g/mol. The number of ether oxygens (including phenoxy) is 1. The van der Waals surface area contributed by atoms with Gasteiger partial charge in [0.15, 0.2) is 0 Å². The number of rotatable bonds is 7. The van der Waals surface area contributed by atoms with Crippen LogP contribution in [0.4, 0.5) is 10.1 Å². The third-order valence-corrected chi connectivity index (χ3v) is 5.08. The topological polar surface area (TPSA) is 129 Å². The van der Waals surface area contributed by atoms with Gasteiger partial charge in [0.1, 0.15) is 22.6 Å². The number of nitrogens with zero attached hydrogens (tertiary/aromatic N) is 5. The van der Waals surface area contributed by atoms with Gasteiger partial charge in [0.25, 0.3) is 0 Å². The summed E-state index contributed by atoms with van der Waals surface area (Å²) in [6.45, 7) is 1.66. The maximum absolute atomic E-state index is 14.3. The molecule has 0 bridgehead atoms. The summed E-state index contributed by atoms with van der Waals surface area (Å²) in [5.74, 6) is -1.63. The van der Waals surface area contributed by atoms with Crippen molar-refractivity contribution in [3.63, 3.8) is 0 Å². The maximum Gasteiger partial charge on any atom is 0.312 e. The fraction of sp³-hybridized carbons (Fsp3) is 0.278. The van der Waals surface area contributed by atoms with Gasteiger partial charge in [-0.15, -0.1) is 5.10 Å². The van der Waals surface area contributed by atoms with E-state index >= 15 is 0 Å². The van der Waals surface area contributed by atoms with E-state index in [0.29, 0.717) is 11.3 Å². The predicted molar refractivity (Wildman–Crippen MR) is 110 cm³/mol. The summed E-state index contributed by atoms with van der Waals surface area (Å²) in [6.07, 6.45) is 1.56. The van der Waals surface area contributed by atoms with Gasteiger partial charge in [-0.25, -0.2) is 18.4 Å². The summed E-state index contributed by atoms with van der Waals surface area (Å²) >= 11 is 6.03. The number of sulfonamides is 1. The zero-order valence-corrected chi connectivity index (χ0v) is 18.3. The summed E-state index contributed by atoms with van der Waals surface area (Å²) in [5.41, 5.74) is 0.828. The van der Waals surface area contributed by atoms with E-state index in [9.17, 15) is 17.6 Å². The van der Waals surface area contributed by atoms with E-state index in [2.05, 4.69) is 20.3 Å². The molecule has 1 N–H and O–H groups in total. The van der Waals surface area contributed by atoms with Crippen molar-refractivity contribution in [2.75, 3.05) is 11.0 Å². The van der Waals surface area contributed by atoms with Gasteiger partial charge in [0.05, 0.1) is 24.1 Å². The molecule has 0 radical (unpaired) electrons. The standard InChI is InChI=1S/C18H18ClFN6O4S/c1-10(11-5-4-8-21-17(11)19)30-15(27)9-14-16(23-25-26(14)2)12-6-7-13(18(20)22-12)24-31(3,28)29/h4-8,10,24H,9H2,1-3H3/t10-/m1/s1. The maximum atomic E-state index is 14.3. The first-order chi connectivity index (χ1) is 14.5. The van der Waals surface area contributed by atoms with Crippen molar-refractivity contribution in [1.82, 2.24) is 25.0 Å². The SMILES string of the molecule is C[C@@H](OC(=O)Cc1c(-c2ccc(NS(C)(=O)=O)c(F)n2)nnn1C)c1cccnc1Cl. The minimum Gasteiger partial charge on any atom is -0.457 e. The summed E-state index contributed by atoms with van der Waals surface area (Å²) in [4.78, 5) is 20.2. The number of halogens is 2. The Morgan fingerprint density at radius 1 is 1.35 bits per heavy atom. The number of hydrogen-bond acceptors (Lipinski definition) is 8. The van der Waals surface area contributed by atoms with Gasteiger partial charge in [0, 0.05) is 18.8 Å². The molecule has 3 aromatic rings. The van der Waals surface area contributed by atoms with E-state index in [4.69, 9.17) is 16.3 Å². The fourth-order valence-corrected chi connectivity index (χ4v) is 3.58. The molecule has 3 heterocycles. The van der Waals surface area contributed by atoms with Crippen LogP contribution in [0.3, 0.4) is 0 Å². The molecule has 0 aliphatic rings. The molecule has 13 heteroatoms. The first-order valence-corrected chi connectivity index (χ1v) is 11.1. The van der Waals surface area contributed by atoms with Gasteiger partial charge >= 0.3 is 5.97 Å². The Kier molecular flexibility index (Phi) is 6.51. The molecule has 0 aliphatic heterocycles. The zero-order chi connectivity index (χ0) is 22.8. The highest BCUT2D eigenvalue weighted by Crippen LogP contribution is 2.26. The molecule has 0 fully saturated rings. The molecule has 164 valence electrons. The quantitative estimate of drug-likeness (QED) is 0.413. The molecule has 0 spiro atoms. The lowest BCUT2D eigenvalue weighted by atomic mass is 10.1. The van der Waals surface area contributed by atoms with Crippen LogP contribution in [0.15, 0.2) is 30.5 Å². The second kappa shape index (κ2) is 8.94. The summed E-state index contributed by atoms with van der Waals surface area (Å²) in [7, 11) is -2.11. The van der Waals surface area contributed by atoms with E-state index < -0.39 is 28.0 Å². The first-order valence-electron chi connectivity index (χ1n) is 8.88. The number of carbonyl (C=O) groups is 1. The lowest BCUT2D eigenvalue weighted by Crippen LogP contribution is -2.15. The molecule has 0 aliphatic carbocycles. The van der Waals surface area contributed by atoms with Crippen LogP contribution in [0.1, 0.15) is 24.3 Å². The molecule has 0 unspecified atom stereocenters. The number of aryl methyl sites for hydroxylation is 1. The molecule has 31 heavy (non-hydrogen) atoms. The highest BCUT2D eigenvalue weighted by molar-refractivity contribution is 7.92. The van der Waals surface area contributed by atoms with Crippen molar-refractivity contribution in [2.24, 2.45) is 7.05 Å². The Morgan fingerprint density at radius 3 is 2.74 bits per heavy atom. The number of pyridine rings is 2. The fourth-order valence-electron chi connectivity index (χ4n) is 2.76. The van der Waals surface area contributed by atoms with Crippen molar-refractivity contribution in [3.8, 4) is 11.4 Å². The highest BCUT2D eigenvalue weighted by Gasteiger charge is 2.22. The van der Waals surface area contributed by atoms with Crippen LogP contribution in [0, 0.1) is 5.95 Å². The van der Waals surface area contributed by atoms with Crippen molar-refractivity contribution in [3.05, 3.63) is 52.8 Å². The minimum absolute atomic E-state index is 0.0794. The second-order valence-electron chi connectivity index (χ2n) is 6.61. The van der Waals surface area contributed by atoms with Gasteiger partial charge in [0.2, 0.25) is 16.0 Å². The Labute approximate surface area is 182 Å². The number of anilines is 1. The van der Waals surface area contributed by atoms with Gasteiger partial charge in [-0.3, -0.25) is 14.2 Å². The number of esters is 1. The number of nitrogens with one attached hydrogen (secondary N) is 1. The Hall–Kier alpha value is -3.12. The van der Waals surface area contributed by atoms with Crippen LogP contribution in [0.5, 0.6) is 0 Å². The van der Waals surface area contributed by atoms with Gasteiger partial charge in [-0.1, -0.05) is 22.9 Å². The molecule has 3 rings (SSSR count). The largest absolute Gasteiger partial charge is 0.457 e. The Balaban J connectivity index is 1.80. The van der Waals surface area contributed by atoms with Crippen LogP contribution in [-0.2, 0) is 33.0 Å². The van der Waals surface area contributed by atoms with Crippen LogP contribution in [0.25, 0.3) is 11.4 Å². The average Bonchev–Trinajstić information content (AvgIpc) is 3.03. The molecule has 0 aromatic carbocycles. The van der Waals surface area contributed by atoms with Crippen LogP contribution in [-0.4, -0.2) is 45.6 Å². The van der Waals surface area contributed by atoms with Crippen molar-refractivity contribution >= 4 is 33.3 Å². The average molecular weight is 469 g/mol. The van der Waals surface area contributed by atoms with Crippen LogP contribution < -0.4 is 4.72 Å². The third-order valence-electron chi connectivity index (χ3n) is 4.18. The number of carbonyl (C=O) groups excluding carboxylic acids is 1. The second-order valence-corrected chi connectivity index (χ2v) is 8.72. The lowest BCUT2D eigenvalue weighted by molar-refractivity contribution is -0.147. The first kappa shape index (κ1) is 22.6. The summed E-state index contributed by atoms with van der Waals surface area (Å²) < 4.78 is 45.7. The molecular formula is C18H18ClFN6O4S. The third kappa shape index (κ3) is 5.52. The van der Waals surface area contributed by atoms with Crippen LogP contribution >= 0.6 is 11.6 Å².